The Morgan fingerprint density at radius 3 is 2.08 bits per heavy atom. The highest BCUT2D eigenvalue weighted by Crippen LogP contribution is 2.32. The summed E-state index contributed by atoms with van der Waals surface area (Å²) in [5.41, 5.74) is 2.64. The van der Waals surface area contributed by atoms with Crippen LogP contribution in [0.5, 0.6) is 5.75 Å². The molecule has 0 unspecified atom stereocenters. The lowest BCUT2D eigenvalue weighted by Crippen LogP contribution is -2.10. The molecule has 4 rings (SSSR count). The van der Waals surface area contributed by atoms with Gasteiger partial charge in [-0.2, -0.15) is 0 Å². The molecule has 0 saturated carbocycles. The maximum Gasteiger partial charge on any atom is 0.261 e. The predicted octanol–water partition coefficient (Wildman–Crippen LogP) is 3.96. The van der Waals surface area contributed by atoms with E-state index < -0.39 is 0 Å². The van der Waals surface area contributed by atoms with Crippen LogP contribution in [0.1, 0.15) is 0 Å². The summed E-state index contributed by atoms with van der Waals surface area (Å²) < 4.78 is 0. The van der Waals surface area contributed by atoms with Gasteiger partial charge < -0.3 is 10.1 Å². The molecule has 0 aliphatic carbocycles. The number of hydrogen-bond donors (Lipinski definition) is 2. The highest BCUT2D eigenvalue weighted by Gasteiger charge is 2.14. The van der Waals surface area contributed by atoms with Crippen molar-refractivity contribution >= 4 is 11.0 Å². The summed E-state index contributed by atoms with van der Waals surface area (Å²) in [6.45, 7) is 0. The molecule has 0 aliphatic heterocycles. The van der Waals surface area contributed by atoms with E-state index in [4.69, 9.17) is 0 Å². The fourth-order valence-corrected chi connectivity index (χ4v) is 2.80. The molecule has 0 radical (unpaired) electrons. The van der Waals surface area contributed by atoms with Gasteiger partial charge in [-0.05, 0) is 17.7 Å². The van der Waals surface area contributed by atoms with E-state index in [2.05, 4.69) is 9.97 Å². The van der Waals surface area contributed by atoms with Gasteiger partial charge in [-0.1, -0.05) is 60.7 Å². The number of hydrogen-bond acceptors (Lipinski definition) is 3. The van der Waals surface area contributed by atoms with Gasteiger partial charge in [-0.25, -0.2) is 4.98 Å². The molecule has 2 N–H and O–H groups in total. The van der Waals surface area contributed by atoms with Gasteiger partial charge in [0.05, 0.1) is 16.6 Å². The molecule has 4 nitrogen and oxygen atoms in total. The lowest BCUT2D eigenvalue weighted by molar-refractivity contribution is 0.482. The number of aromatic amines is 1. The highest BCUT2D eigenvalue weighted by atomic mass is 16.3. The first-order valence-corrected chi connectivity index (χ1v) is 7.61. The van der Waals surface area contributed by atoms with Gasteiger partial charge in [0.1, 0.15) is 11.4 Å². The van der Waals surface area contributed by atoms with E-state index in [0.717, 1.165) is 11.3 Å². The summed E-state index contributed by atoms with van der Waals surface area (Å²) in [6.07, 6.45) is 0. The zero-order valence-corrected chi connectivity index (χ0v) is 12.7. The van der Waals surface area contributed by atoms with Crippen molar-refractivity contribution in [3.8, 4) is 28.1 Å². The standard InChI is InChI=1S/C20H14N2O2/c23-18-15-11-12-16(13-7-3-1-4-8-13)21-19(15)22-20(24)17(18)14-9-5-2-6-10-14/h1-12H,(H2,21,22,23,24). The van der Waals surface area contributed by atoms with Gasteiger partial charge in [-0.3, -0.25) is 4.79 Å². The van der Waals surface area contributed by atoms with Crippen molar-refractivity contribution in [3.05, 3.63) is 83.2 Å². The number of H-pyrrole nitrogens is 1. The molecule has 0 amide bonds. The van der Waals surface area contributed by atoms with Crippen LogP contribution in [-0.2, 0) is 0 Å². The fraction of sp³-hybridized carbons (Fsp3) is 0. The van der Waals surface area contributed by atoms with Crippen LogP contribution in [0.15, 0.2) is 77.6 Å². The topological polar surface area (TPSA) is 66.0 Å². The van der Waals surface area contributed by atoms with Crippen molar-refractivity contribution in [2.45, 2.75) is 0 Å². The molecule has 2 aromatic heterocycles. The van der Waals surface area contributed by atoms with Crippen LogP contribution in [0, 0.1) is 0 Å². The summed E-state index contributed by atoms with van der Waals surface area (Å²) in [4.78, 5) is 19.7. The third-order valence-corrected chi connectivity index (χ3v) is 3.98. The van der Waals surface area contributed by atoms with E-state index in [0.29, 0.717) is 16.6 Å². The second-order valence-corrected chi connectivity index (χ2v) is 5.50. The summed E-state index contributed by atoms with van der Waals surface area (Å²) in [5, 5.41) is 11.1. The molecule has 116 valence electrons. The minimum atomic E-state index is -0.357. The Kier molecular flexibility index (Phi) is 3.35. The summed E-state index contributed by atoms with van der Waals surface area (Å²) in [7, 11) is 0. The zero-order chi connectivity index (χ0) is 16.5. The smallest absolute Gasteiger partial charge is 0.261 e. The molecule has 0 bridgehead atoms. The van der Waals surface area contributed by atoms with Crippen LogP contribution in [0.25, 0.3) is 33.4 Å². The van der Waals surface area contributed by atoms with E-state index in [-0.39, 0.29) is 16.9 Å². The number of aromatic hydroxyl groups is 1. The third-order valence-electron chi connectivity index (χ3n) is 3.98. The first kappa shape index (κ1) is 14.2. The predicted molar refractivity (Wildman–Crippen MR) is 94.9 cm³/mol. The van der Waals surface area contributed by atoms with Gasteiger partial charge in [0.25, 0.3) is 5.56 Å². The number of nitrogens with one attached hydrogen (secondary N) is 1. The monoisotopic (exact) mass is 314 g/mol. The molecule has 4 aromatic rings. The number of pyridine rings is 2. The van der Waals surface area contributed by atoms with Gasteiger partial charge >= 0.3 is 0 Å². The van der Waals surface area contributed by atoms with Crippen molar-refractivity contribution in [2.24, 2.45) is 0 Å². The summed E-state index contributed by atoms with van der Waals surface area (Å²) in [5.74, 6) is -0.0490. The Labute approximate surface area is 138 Å². The maximum absolute atomic E-state index is 12.4. The molecule has 0 aliphatic rings. The molecule has 0 fully saturated rings. The molecule has 0 atom stereocenters. The minimum absolute atomic E-state index is 0.0490. The maximum atomic E-state index is 12.4. The van der Waals surface area contributed by atoms with Crippen LogP contribution in [0.3, 0.4) is 0 Å². The number of fused-ring (bicyclic) bond motifs is 1. The van der Waals surface area contributed by atoms with E-state index in [1.165, 1.54) is 0 Å². The molecule has 0 spiro atoms. The van der Waals surface area contributed by atoms with Gasteiger partial charge in [0.2, 0.25) is 0 Å². The molecular formula is C20H14N2O2. The van der Waals surface area contributed by atoms with E-state index >= 15 is 0 Å². The quantitative estimate of drug-likeness (QED) is 0.588. The molecular weight excluding hydrogens is 300 g/mol. The molecule has 0 saturated heterocycles. The Hall–Kier alpha value is -3.40. The second kappa shape index (κ2) is 5.66. The number of rotatable bonds is 2. The van der Waals surface area contributed by atoms with Crippen LogP contribution < -0.4 is 5.56 Å². The Balaban J connectivity index is 1.94. The normalized spacial score (nSPS) is 10.8. The Morgan fingerprint density at radius 2 is 1.42 bits per heavy atom. The van der Waals surface area contributed by atoms with Gasteiger partial charge in [0, 0.05) is 5.56 Å². The van der Waals surface area contributed by atoms with Crippen molar-refractivity contribution < 1.29 is 5.11 Å². The van der Waals surface area contributed by atoms with Gasteiger partial charge in [0.15, 0.2) is 0 Å². The SMILES string of the molecule is O=c1[nH]c2nc(-c3ccccc3)ccc2c(O)c1-c1ccccc1. The first-order valence-electron chi connectivity index (χ1n) is 7.61. The molecule has 24 heavy (non-hydrogen) atoms. The minimum Gasteiger partial charge on any atom is -0.506 e. The average molecular weight is 314 g/mol. The lowest BCUT2D eigenvalue weighted by Gasteiger charge is -2.08. The summed E-state index contributed by atoms with van der Waals surface area (Å²) in [6, 6.07) is 22.4. The zero-order valence-electron chi connectivity index (χ0n) is 12.7. The van der Waals surface area contributed by atoms with Crippen molar-refractivity contribution in [1.82, 2.24) is 9.97 Å². The van der Waals surface area contributed by atoms with Crippen molar-refractivity contribution in [2.75, 3.05) is 0 Å². The van der Waals surface area contributed by atoms with Crippen molar-refractivity contribution in [1.29, 1.82) is 0 Å². The van der Waals surface area contributed by atoms with Gasteiger partial charge in [-0.15, -0.1) is 0 Å². The lowest BCUT2D eigenvalue weighted by atomic mass is 10.0. The first-order chi connectivity index (χ1) is 11.7. The van der Waals surface area contributed by atoms with E-state index in [9.17, 15) is 9.90 Å². The van der Waals surface area contributed by atoms with Crippen LogP contribution >= 0.6 is 0 Å². The van der Waals surface area contributed by atoms with Crippen LogP contribution in [0.4, 0.5) is 0 Å². The third kappa shape index (κ3) is 2.34. The Morgan fingerprint density at radius 1 is 0.792 bits per heavy atom. The highest BCUT2D eigenvalue weighted by molar-refractivity contribution is 5.90. The van der Waals surface area contributed by atoms with E-state index in [1.807, 2.05) is 54.6 Å². The molecule has 4 heteroatoms. The average Bonchev–Trinajstić information content (AvgIpc) is 2.63. The molecule has 2 aromatic carbocycles. The van der Waals surface area contributed by atoms with Crippen LogP contribution in [-0.4, -0.2) is 15.1 Å². The Bertz CT molecular complexity index is 1070. The number of nitrogens with zero attached hydrogens (tertiary/aromatic N) is 1. The molecule has 2 heterocycles. The number of benzene rings is 2. The van der Waals surface area contributed by atoms with Crippen LogP contribution in [0.2, 0.25) is 0 Å². The van der Waals surface area contributed by atoms with Crippen molar-refractivity contribution in [3.63, 3.8) is 0 Å². The fourth-order valence-electron chi connectivity index (χ4n) is 2.80. The summed E-state index contributed by atoms with van der Waals surface area (Å²) >= 11 is 0. The van der Waals surface area contributed by atoms with E-state index in [1.54, 1.807) is 18.2 Å². The second-order valence-electron chi connectivity index (χ2n) is 5.50. The number of aromatic nitrogens is 2. The largest absolute Gasteiger partial charge is 0.506 e.